The lowest BCUT2D eigenvalue weighted by atomic mass is 9.83. The van der Waals surface area contributed by atoms with Crippen molar-refractivity contribution in [3.63, 3.8) is 0 Å². The van der Waals surface area contributed by atoms with Crippen LogP contribution in [0.25, 0.3) is 5.69 Å². The van der Waals surface area contributed by atoms with Crippen LogP contribution in [0, 0.1) is 24.4 Å². The summed E-state index contributed by atoms with van der Waals surface area (Å²) in [6.45, 7) is 1.92. The average Bonchev–Trinajstić information content (AvgIpc) is 2.98. The summed E-state index contributed by atoms with van der Waals surface area (Å²) < 4.78 is 43.2. The Hall–Kier alpha value is -1.92. The van der Waals surface area contributed by atoms with E-state index in [-0.39, 0.29) is 16.8 Å². The number of halogens is 4. The van der Waals surface area contributed by atoms with Gasteiger partial charge in [0.15, 0.2) is 22.6 Å². The van der Waals surface area contributed by atoms with Gasteiger partial charge in [-0.25, -0.2) is 18.2 Å². The lowest BCUT2D eigenvalue weighted by molar-refractivity contribution is 0.442. The maximum atomic E-state index is 14.5. The van der Waals surface area contributed by atoms with Gasteiger partial charge in [-0.1, -0.05) is 23.7 Å². The van der Waals surface area contributed by atoms with Crippen molar-refractivity contribution in [1.82, 2.24) is 9.55 Å². The van der Waals surface area contributed by atoms with Gasteiger partial charge in [0, 0.05) is 10.9 Å². The first-order valence-electron chi connectivity index (χ1n) is 8.59. The Bertz CT molecular complexity index is 1050. The van der Waals surface area contributed by atoms with Crippen LogP contribution in [0.2, 0.25) is 5.02 Å². The second-order valence-electron chi connectivity index (χ2n) is 6.73. The van der Waals surface area contributed by atoms with Crippen LogP contribution in [0.15, 0.2) is 35.5 Å². The normalized spacial score (nSPS) is 16.4. The highest BCUT2D eigenvalue weighted by Gasteiger charge is 2.31. The maximum absolute atomic E-state index is 14.5. The largest absolute Gasteiger partial charge is 0.288 e. The third-order valence-electron chi connectivity index (χ3n) is 5.05. The van der Waals surface area contributed by atoms with E-state index in [2.05, 4.69) is 17.6 Å². The number of aryl methyl sites for hydroxylation is 2. The first-order valence-corrected chi connectivity index (χ1v) is 9.41. The predicted molar refractivity (Wildman–Crippen MR) is 102 cm³/mol. The molecule has 1 aliphatic carbocycles. The van der Waals surface area contributed by atoms with Crippen molar-refractivity contribution in [2.75, 3.05) is 0 Å². The van der Waals surface area contributed by atoms with Crippen LogP contribution in [0.4, 0.5) is 13.2 Å². The summed E-state index contributed by atoms with van der Waals surface area (Å²) in [5, 5.41) is 0.923. The minimum Gasteiger partial charge on any atom is -0.288 e. The van der Waals surface area contributed by atoms with Crippen LogP contribution >= 0.6 is 24.2 Å². The number of benzene rings is 2. The summed E-state index contributed by atoms with van der Waals surface area (Å²) in [5.41, 5.74) is 3.43. The van der Waals surface area contributed by atoms with Crippen LogP contribution in [-0.4, -0.2) is 9.55 Å². The molecule has 3 aromatic rings. The molecule has 0 N–H and O–H groups in total. The molecule has 1 aliphatic rings. The Labute approximate surface area is 165 Å². The Morgan fingerprint density at radius 2 is 1.93 bits per heavy atom. The molecule has 0 amide bonds. The van der Waals surface area contributed by atoms with Gasteiger partial charge >= 0.3 is 0 Å². The van der Waals surface area contributed by atoms with Crippen molar-refractivity contribution in [2.45, 2.75) is 37.3 Å². The molecule has 0 aliphatic heterocycles. The Morgan fingerprint density at radius 3 is 2.67 bits per heavy atom. The summed E-state index contributed by atoms with van der Waals surface area (Å²) in [7, 11) is 0. The highest BCUT2D eigenvalue weighted by atomic mass is 35.5. The van der Waals surface area contributed by atoms with Gasteiger partial charge < -0.3 is 0 Å². The van der Waals surface area contributed by atoms with Gasteiger partial charge in [-0.2, -0.15) is 0 Å². The zero-order valence-electron chi connectivity index (χ0n) is 14.4. The van der Waals surface area contributed by atoms with Gasteiger partial charge in [-0.05, 0) is 55.5 Å². The number of fused-ring (bicyclic) bond motifs is 1. The van der Waals surface area contributed by atoms with Crippen molar-refractivity contribution in [3.8, 4) is 5.69 Å². The number of thiol groups is 1. The van der Waals surface area contributed by atoms with Crippen molar-refractivity contribution in [3.05, 3.63) is 75.3 Å². The molecule has 1 unspecified atom stereocenters. The smallest absolute Gasteiger partial charge is 0.196 e. The Kier molecular flexibility index (Phi) is 4.72. The lowest BCUT2D eigenvalue weighted by Crippen LogP contribution is -2.16. The molecule has 1 aromatic heterocycles. The fourth-order valence-electron chi connectivity index (χ4n) is 3.75. The zero-order chi connectivity index (χ0) is 19.3. The third-order valence-corrected chi connectivity index (χ3v) is 5.77. The van der Waals surface area contributed by atoms with E-state index in [9.17, 15) is 13.2 Å². The van der Waals surface area contributed by atoms with E-state index in [1.165, 1.54) is 10.6 Å². The van der Waals surface area contributed by atoms with Crippen molar-refractivity contribution in [2.24, 2.45) is 0 Å². The van der Waals surface area contributed by atoms with E-state index in [0.29, 0.717) is 5.02 Å². The van der Waals surface area contributed by atoms with Gasteiger partial charge in [0.05, 0.1) is 17.1 Å². The first kappa shape index (κ1) is 18.4. The molecule has 4 rings (SSSR count). The van der Waals surface area contributed by atoms with Crippen LogP contribution in [0.5, 0.6) is 0 Å². The van der Waals surface area contributed by atoms with Gasteiger partial charge in [-0.3, -0.25) is 4.57 Å². The maximum Gasteiger partial charge on any atom is 0.196 e. The number of nitrogens with zero attached hydrogens (tertiary/aromatic N) is 2. The van der Waals surface area contributed by atoms with E-state index < -0.39 is 17.5 Å². The summed E-state index contributed by atoms with van der Waals surface area (Å²) in [6, 6.07) is 7.90. The van der Waals surface area contributed by atoms with Crippen molar-refractivity contribution in [1.29, 1.82) is 0 Å². The topological polar surface area (TPSA) is 17.8 Å². The number of hydrogen-bond donors (Lipinski definition) is 1. The monoisotopic (exact) mass is 408 g/mol. The molecule has 1 heterocycles. The summed E-state index contributed by atoms with van der Waals surface area (Å²) in [6.07, 6.45) is 2.48. The number of rotatable bonds is 2. The quantitative estimate of drug-likeness (QED) is 0.406. The second-order valence-corrected chi connectivity index (χ2v) is 7.53. The number of imidazole rings is 1. The van der Waals surface area contributed by atoms with E-state index >= 15 is 0 Å². The van der Waals surface area contributed by atoms with Gasteiger partial charge in [-0.15, -0.1) is 12.6 Å². The minimum absolute atomic E-state index is 0.0642. The van der Waals surface area contributed by atoms with Crippen LogP contribution < -0.4 is 0 Å². The fraction of sp³-hybridized carbons (Fsp3) is 0.250. The molecule has 27 heavy (non-hydrogen) atoms. The lowest BCUT2D eigenvalue weighted by Gasteiger charge is -2.25. The van der Waals surface area contributed by atoms with E-state index in [1.807, 2.05) is 25.1 Å². The molecular formula is C20H16ClF3N2S. The molecule has 0 saturated heterocycles. The van der Waals surface area contributed by atoms with Gasteiger partial charge in [0.25, 0.3) is 0 Å². The second kappa shape index (κ2) is 6.91. The summed E-state index contributed by atoms with van der Waals surface area (Å²) in [5.74, 6) is -4.04. The standard InChI is InChI=1S/C20H16ClF3N2S/c1-10-9-11(5-6-13(10)21)12-3-2-4-15-19(12)26(20(27)25-15)16-8-7-14(22)17(23)18(16)24/h5-9,12H,2-4H2,1H3,(H,25,27). The molecule has 0 radical (unpaired) electrons. The predicted octanol–water partition coefficient (Wildman–Crippen LogP) is 6.01. The molecule has 2 aromatic carbocycles. The van der Waals surface area contributed by atoms with Crippen LogP contribution in [0.3, 0.4) is 0 Å². The highest BCUT2D eigenvalue weighted by molar-refractivity contribution is 7.80. The van der Waals surface area contributed by atoms with E-state index in [0.717, 1.165) is 47.8 Å². The molecule has 140 valence electrons. The third kappa shape index (κ3) is 3.05. The van der Waals surface area contributed by atoms with E-state index in [4.69, 9.17) is 11.6 Å². The van der Waals surface area contributed by atoms with Crippen molar-refractivity contribution < 1.29 is 13.2 Å². The molecular weight excluding hydrogens is 393 g/mol. The number of hydrogen-bond acceptors (Lipinski definition) is 2. The molecule has 2 nitrogen and oxygen atoms in total. The molecule has 0 saturated carbocycles. The molecule has 0 spiro atoms. The van der Waals surface area contributed by atoms with Crippen LogP contribution in [-0.2, 0) is 6.42 Å². The molecule has 1 atom stereocenters. The van der Waals surface area contributed by atoms with E-state index in [1.54, 1.807) is 0 Å². The fourth-order valence-corrected chi connectivity index (χ4v) is 4.20. The minimum atomic E-state index is -1.50. The molecule has 0 fully saturated rings. The summed E-state index contributed by atoms with van der Waals surface area (Å²) >= 11 is 10.5. The summed E-state index contributed by atoms with van der Waals surface area (Å²) in [4.78, 5) is 4.45. The van der Waals surface area contributed by atoms with Crippen LogP contribution in [0.1, 0.15) is 41.3 Å². The van der Waals surface area contributed by atoms with Gasteiger partial charge in [0.1, 0.15) is 0 Å². The average molecular weight is 409 g/mol. The zero-order valence-corrected chi connectivity index (χ0v) is 16.1. The molecule has 7 heteroatoms. The Balaban J connectivity index is 1.93. The van der Waals surface area contributed by atoms with Gasteiger partial charge in [0.2, 0.25) is 0 Å². The first-order chi connectivity index (χ1) is 12.9. The Morgan fingerprint density at radius 1 is 1.15 bits per heavy atom. The highest BCUT2D eigenvalue weighted by Crippen LogP contribution is 2.40. The number of aromatic nitrogens is 2. The van der Waals surface area contributed by atoms with Crippen molar-refractivity contribution >= 4 is 24.2 Å². The SMILES string of the molecule is Cc1cc(C2CCCc3nc(S)n(-c4ccc(F)c(F)c4F)c32)ccc1Cl. The molecule has 0 bridgehead atoms.